The van der Waals surface area contributed by atoms with Gasteiger partial charge < -0.3 is 10.1 Å². The summed E-state index contributed by atoms with van der Waals surface area (Å²) in [4.78, 5) is 23.6. The van der Waals surface area contributed by atoms with Gasteiger partial charge in [0.2, 0.25) is 0 Å². The molecule has 0 unspecified atom stereocenters. The number of amides is 1. The number of carbonyl (C=O) groups is 2. The number of benzene rings is 2. The lowest BCUT2D eigenvalue weighted by Gasteiger charge is -2.24. The molecule has 0 atom stereocenters. The van der Waals surface area contributed by atoms with Gasteiger partial charge in [0.25, 0.3) is 15.9 Å². The third-order valence-electron chi connectivity index (χ3n) is 4.05. The second-order valence-electron chi connectivity index (χ2n) is 6.37. The zero-order chi connectivity index (χ0) is 23.0. The van der Waals surface area contributed by atoms with Crippen molar-refractivity contribution >= 4 is 39.2 Å². The molecule has 0 aliphatic carbocycles. The Labute approximate surface area is 185 Å². The number of nitrogens with zero attached hydrogens (tertiary/aromatic N) is 1. The highest BCUT2D eigenvalue weighted by Gasteiger charge is 2.28. The summed E-state index contributed by atoms with van der Waals surface area (Å²) in [5, 5.41) is 2.44. The number of hydrogen-bond donors (Lipinski definition) is 1. The number of carbonyl (C=O) groups excluding carboxylic acids is 2. The Morgan fingerprint density at radius 3 is 2.52 bits per heavy atom. The highest BCUT2D eigenvalue weighted by atomic mass is 35.5. The summed E-state index contributed by atoms with van der Waals surface area (Å²) in [7, 11) is -4.24. The van der Waals surface area contributed by atoms with Gasteiger partial charge in [-0.05, 0) is 48.9 Å². The van der Waals surface area contributed by atoms with Gasteiger partial charge >= 0.3 is 5.97 Å². The van der Waals surface area contributed by atoms with Gasteiger partial charge in [-0.3, -0.25) is 9.10 Å². The fraction of sp³-hybridized carbons (Fsp3) is 0.238. The Balaban J connectivity index is 2.33. The van der Waals surface area contributed by atoms with E-state index in [1.54, 1.807) is 0 Å². The Hall–Kier alpha value is -2.91. The average Bonchev–Trinajstić information content (AvgIpc) is 2.75. The van der Waals surface area contributed by atoms with E-state index in [9.17, 15) is 22.4 Å². The molecule has 2 aromatic rings. The van der Waals surface area contributed by atoms with E-state index in [-0.39, 0.29) is 27.7 Å². The molecule has 2 rings (SSSR count). The minimum absolute atomic E-state index is 0.0936. The van der Waals surface area contributed by atoms with Crippen molar-refractivity contribution in [2.75, 3.05) is 24.0 Å². The summed E-state index contributed by atoms with van der Waals surface area (Å²) in [6.07, 6.45) is 2.09. The molecule has 31 heavy (non-hydrogen) atoms. The van der Waals surface area contributed by atoms with Crippen LogP contribution in [0.1, 0.15) is 23.7 Å². The summed E-state index contributed by atoms with van der Waals surface area (Å²) in [6, 6.07) is 8.47. The standard InChI is InChI=1S/C21H22ClFN2O5S/c1-3-11-24-20(26)14-30-21(27)15-5-10-18(22)19(13-15)31(28,29)25(12-4-2)17-8-6-16(23)7-9-17/h4-10,13H,2-3,11-12,14H2,1H3,(H,24,26). The quantitative estimate of drug-likeness (QED) is 0.425. The fourth-order valence-corrected chi connectivity index (χ4v) is 4.48. The van der Waals surface area contributed by atoms with Crippen molar-refractivity contribution < 1.29 is 27.1 Å². The second kappa shape index (κ2) is 10.9. The number of anilines is 1. The van der Waals surface area contributed by atoms with Crippen LogP contribution in [-0.2, 0) is 19.6 Å². The van der Waals surface area contributed by atoms with Crippen LogP contribution < -0.4 is 9.62 Å². The van der Waals surface area contributed by atoms with E-state index in [2.05, 4.69) is 11.9 Å². The predicted molar refractivity (Wildman–Crippen MR) is 116 cm³/mol. The SMILES string of the molecule is C=CCN(c1ccc(F)cc1)S(=O)(=O)c1cc(C(=O)OCC(=O)NCCC)ccc1Cl. The molecule has 0 aliphatic rings. The van der Waals surface area contributed by atoms with Gasteiger partial charge in [-0.1, -0.05) is 24.6 Å². The van der Waals surface area contributed by atoms with Crippen LogP contribution in [0, 0.1) is 5.82 Å². The normalized spacial score (nSPS) is 10.9. The van der Waals surface area contributed by atoms with Crippen LogP contribution in [0.25, 0.3) is 0 Å². The molecule has 0 saturated carbocycles. The third-order valence-corrected chi connectivity index (χ3v) is 6.33. The molecule has 0 radical (unpaired) electrons. The number of rotatable bonds is 10. The molecule has 0 saturated heterocycles. The molecule has 166 valence electrons. The van der Waals surface area contributed by atoms with E-state index in [0.29, 0.717) is 6.54 Å². The second-order valence-corrected chi connectivity index (χ2v) is 8.61. The van der Waals surface area contributed by atoms with Crippen LogP contribution in [0.5, 0.6) is 0 Å². The van der Waals surface area contributed by atoms with E-state index < -0.39 is 34.3 Å². The molecule has 0 bridgehead atoms. The molecule has 2 aromatic carbocycles. The molecule has 0 aliphatic heterocycles. The maximum atomic E-state index is 13.3. The summed E-state index contributed by atoms with van der Waals surface area (Å²) >= 11 is 6.12. The monoisotopic (exact) mass is 468 g/mol. The molecule has 1 N–H and O–H groups in total. The molecular weight excluding hydrogens is 447 g/mol. The summed E-state index contributed by atoms with van der Waals surface area (Å²) < 4.78 is 45.7. The van der Waals surface area contributed by atoms with Gasteiger partial charge in [-0.2, -0.15) is 0 Å². The molecule has 1 amide bonds. The molecule has 0 spiro atoms. The number of hydrogen-bond acceptors (Lipinski definition) is 5. The first kappa shape index (κ1) is 24.4. The molecular formula is C21H22ClFN2O5S. The van der Waals surface area contributed by atoms with Crippen LogP contribution in [0.3, 0.4) is 0 Å². The van der Waals surface area contributed by atoms with E-state index in [0.717, 1.165) is 28.9 Å². The van der Waals surface area contributed by atoms with Crippen LogP contribution in [0.4, 0.5) is 10.1 Å². The van der Waals surface area contributed by atoms with E-state index >= 15 is 0 Å². The number of halogens is 2. The van der Waals surface area contributed by atoms with Crippen molar-refractivity contribution in [1.82, 2.24) is 5.32 Å². The topological polar surface area (TPSA) is 92.8 Å². The first-order valence-corrected chi connectivity index (χ1v) is 11.1. The van der Waals surface area contributed by atoms with Crippen molar-refractivity contribution in [1.29, 1.82) is 0 Å². The Bertz CT molecular complexity index is 1060. The molecule has 0 heterocycles. The smallest absolute Gasteiger partial charge is 0.338 e. The first-order valence-electron chi connectivity index (χ1n) is 9.33. The van der Waals surface area contributed by atoms with Gasteiger partial charge in [0.1, 0.15) is 10.7 Å². The van der Waals surface area contributed by atoms with Crippen LogP contribution in [0.15, 0.2) is 60.0 Å². The van der Waals surface area contributed by atoms with Crippen molar-refractivity contribution in [2.24, 2.45) is 0 Å². The van der Waals surface area contributed by atoms with Gasteiger partial charge in [0, 0.05) is 6.54 Å². The van der Waals surface area contributed by atoms with Crippen molar-refractivity contribution in [3.63, 3.8) is 0 Å². The van der Waals surface area contributed by atoms with E-state index in [1.807, 2.05) is 6.92 Å². The predicted octanol–water partition coefficient (Wildman–Crippen LogP) is 3.54. The number of nitrogens with one attached hydrogen (secondary N) is 1. The summed E-state index contributed by atoms with van der Waals surface area (Å²) in [5.41, 5.74) is 0.0990. The van der Waals surface area contributed by atoms with Gasteiger partial charge in [0.05, 0.1) is 22.8 Å². The Morgan fingerprint density at radius 1 is 1.23 bits per heavy atom. The zero-order valence-corrected chi connectivity index (χ0v) is 18.4. The van der Waals surface area contributed by atoms with Crippen LogP contribution >= 0.6 is 11.6 Å². The maximum absolute atomic E-state index is 13.3. The molecule has 7 nitrogen and oxygen atoms in total. The highest BCUT2D eigenvalue weighted by molar-refractivity contribution is 7.93. The molecule has 10 heteroatoms. The van der Waals surface area contributed by atoms with Crippen LogP contribution in [-0.4, -0.2) is 40.0 Å². The minimum atomic E-state index is -4.24. The third kappa shape index (κ3) is 6.28. The first-order chi connectivity index (χ1) is 14.7. The van der Waals surface area contributed by atoms with Gasteiger partial charge in [-0.25, -0.2) is 17.6 Å². The highest BCUT2D eigenvalue weighted by Crippen LogP contribution is 2.29. The maximum Gasteiger partial charge on any atom is 0.338 e. The Kier molecular flexibility index (Phi) is 8.58. The zero-order valence-electron chi connectivity index (χ0n) is 16.8. The fourth-order valence-electron chi connectivity index (χ4n) is 2.54. The van der Waals surface area contributed by atoms with Crippen LogP contribution in [0.2, 0.25) is 5.02 Å². The largest absolute Gasteiger partial charge is 0.452 e. The van der Waals surface area contributed by atoms with E-state index in [1.165, 1.54) is 30.3 Å². The lowest BCUT2D eigenvalue weighted by molar-refractivity contribution is -0.124. The summed E-state index contributed by atoms with van der Waals surface area (Å²) in [6.45, 7) is 5.27. The van der Waals surface area contributed by atoms with Crippen molar-refractivity contribution in [2.45, 2.75) is 18.2 Å². The van der Waals surface area contributed by atoms with Crippen molar-refractivity contribution in [3.8, 4) is 0 Å². The van der Waals surface area contributed by atoms with Gasteiger partial charge in [0.15, 0.2) is 6.61 Å². The van der Waals surface area contributed by atoms with E-state index in [4.69, 9.17) is 16.3 Å². The lowest BCUT2D eigenvalue weighted by Crippen LogP contribution is -2.31. The lowest BCUT2D eigenvalue weighted by atomic mass is 10.2. The Morgan fingerprint density at radius 2 is 1.90 bits per heavy atom. The number of ether oxygens (including phenoxy) is 1. The minimum Gasteiger partial charge on any atom is -0.452 e. The molecule has 0 aromatic heterocycles. The average molecular weight is 469 g/mol. The molecule has 0 fully saturated rings. The van der Waals surface area contributed by atoms with Crippen molar-refractivity contribution in [3.05, 3.63) is 71.5 Å². The number of esters is 1. The summed E-state index contributed by atoms with van der Waals surface area (Å²) in [5.74, 6) is -1.87. The number of sulfonamides is 1. The van der Waals surface area contributed by atoms with Gasteiger partial charge in [-0.15, -0.1) is 6.58 Å².